The summed E-state index contributed by atoms with van der Waals surface area (Å²) < 4.78 is 0. The Morgan fingerprint density at radius 2 is 1.83 bits per heavy atom. The van der Waals surface area contributed by atoms with Gasteiger partial charge >= 0.3 is 5.97 Å². The molecule has 0 bridgehead atoms. The minimum absolute atomic E-state index is 0.0223. The van der Waals surface area contributed by atoms with Crippen molar-refractivity contribution < 1.29 is 9.90 Å². The number of carboxylic acid groups (broad SMARTS) is 1. The van der Waals surface area contributed by atoms with Crippen LogP contribution in [0.4, 0.5) is 5.82 Å². The number of nitrogens with zero attached hydrogens (tertiary/aromatic N) is 2. The van der Waals surface area contributed by atoms with E-state index in [2.05, 4.69) is 4.98 Å². The molecule has 0 unspecified atom stereocenters. The number of hydrogen-bond acceptors (Lipinski definition) is 4. The molecule has 0 aromatic carbocycles. The molecule has 0 radical (unpaired) electrons. The molecule has 18 heavy (non-hydrogen) atoms. The summed E-state index contributed by atoms with van der Waals surface area (Å²) in [6.07, 6.45) is 0. The number of carbonyl (C=O) groups is 1. The summed E-state index contributed by atoms with van der Waals surface area (Å²) in [4.78, 5) is 17.2. The Bertz CT molecular complexity index is 493. The Morgan fingerprint density at radius 3 is 2.39 bits per heavy atom. The third-order valence-electron chi connectivity index (χ3n) is 2.55. The Hall–Kier alpha value is -0.360. The summed E-state index contributed by atoms with van der Waals surface area (Å²) in [6.45, 7) is 1.43. The zero-order chi connectivity index (χ0) is 13.3. The number of thioether (sulfide) groups is 1. The lowest BCUT2D eigenvalue weighted by atomic mass is 10.2. The fourth-order valence-corrected chi connectivity index (χ4v) is 3.21. The van der Waals surface area contributed by atoms with E-state index >= 15 is 0 Å². The lowest BCUT2D eigenvalue weighted by Crippen LogP contribution is -2.34. The van der Waals surface area contributed by atoms with Crippen LogP contribution in [0.1, 0.15) is 10.4 Å². The number of pyridine rings is 1. The lowest BCUT2D eigenvalue weighted by molar-refractivity contribution is 0.0697. The van der Waals surface area contributed by atoms with Crippen LogP contribution in [0.2, 0.25) is 15.2 Å². The van der Waals surface area contributed by atoms with E-state index in [4.69, 9.17) is 34.8 Å². The van der Waals surface area contributed by atoms with Crippen LogP contribution < -0.4 is 4.90 Å². The van der Waals surface area contributed by atoms with Crippen molar-refractivity contribution in [1.82, 2.24) is 4.98 Å². The Balaban J connectivity index is 2.53. The van der Waals surface area contributed by atoms with E-state index in [1.165, 1.54) is 0 Å². The number of anilines is 1. The normalized spacial score (nSPS) is 15.8. The van der Waals surface area contributed by atoms with E-state index in [-0.39, 0.29) is 20.8 Å². The first-order chi connectivity index (χ1) is 8.52. The summed E-state index contributed by atoms with van der Waals surface area (Å²) in [6, 6.07) is 0. The van der Waals surface area contributed by atoms with Gasteiger partial charge in [0.2, 0.25) is 0 Å². The predicted octanol–water partition coefficient (Wildman–Crippen LogP) is 3.29. The first-order valence-electron chi connectivity index (χ1n) is 5.13. The molecule has 0 atom stereocenters. The lowest BCUT2D eigenvalue weighted by Gasteiger charge is -2.29. The average Bonchev–Trinajstić information content (AvgIpc) is 2.36. The summed E-state index contributed by atoms with van der Waals surface area (Å²) in [5.74, 6) is 0.971. The minimum Gasteiger partial charge on any atom is -0.478 e. The maximum Gasteiger partial charge on any atom is 0.341 e. The van der Waals surface area contributed by atoms with Gasteiger partial charge in [-0.15, -0.1) is 0 Å². The number of aromatic nitrogens is 1. The maximum atomic E-state index is 11.3. The van der Waals surface area contributed by atoms with Gasteiger partial charge in [0.15, 0.2) is 5.15 Å². The third-order valence-corrected chi connectivity index (χ3v) is 4.70. The molecular formula is C10H9Cl3N2O2S. The highest BCUT2D eigenvalue weighted by Gasteiger charge is 2.26. The molecule has 1 aromatic heterocycles. The van der Waals surface area contributed by atoms with Gasteiger partial charge in [0.25, 0.3) is 0 Å². The van der Waals surface area contributed by atoms with Crippen LogP contribution in [-0.2, 0) is 0 Å². The second-order valence-electron chi connectivity index (χ2n) is 3.63. The number of aromatic carboxylic acids is 1. The SMILES string of the molecule is O=C(O)c1c(N2CCSCC2)nc(Cl)c(Cl)c1Cl. The van der Waals surface area contributed by atoms with Gasteiger partial charge in [-0.25, -0.2) is 9.78 Å². The summed E-state index contributed by atoms with van der Waals surface area (Å²) >= 11 is 19.4. The van der Waals surface area contributed by atoms with Crippen LogP contribution in [-0.4, -0.2) is 40.7 Å². The van der Waals surface area contributed by atoms with Gasteiger partial charge in [-0.05, 0) is 0 Å². The van der Waals surface area contributed by atoms with Crippen molar-refractivity contribution in [2.75, 3.05) is 29.5 Å². The zero-order valence-corrected chi connectivity index (χ0v) is 12.2. The van der Waals surface area contributed by atoms with E-state index in [9.17, 15) is 9.90 Å². The molecule has 0 aliphatic carbocycles. The van der Waals surface area contributed by atoms with Crippen LogP contribution in [0.25, 0.3) is 0 Å². The van der Waals surface area contributed by atoms with Gasteiger partial charge in [-0.3, -0.25) is 0 Å². The highest BCUT2D eigenvalue weighted by atomic mass is 35.5. The predicted molar refractivity (Wildman–Crippen MR) is 75.8 cm³/mol. The second-order valence-corrected chi connectivity index (χ2v) is 5.97. The van der Waals surface area contributed by atoms with Crippen LogP contribution >= 0.6 is 46.6 Å². The van der Waals surface area contributed by atoms with E-state index < -0.39 is 5.97 Å². The Morgan fingerprint density at radius 1 is 1.22 bits per heavy atom. The molecule has 0 spiro atoms. The minimum atomic E-state index is -1.15. The first-order valence-corrected chi connectivity index (χ1v) is 7.41. The fraction of sp³-hybridized carbons (Fsp3) is 0.400. The standard InChI is InChI=1S/C10H9Cl3N2O2S/c11-6-5(10(16)17)9(14-8(13)7(6)12)15-1-3-18-4-2-15/h1-4H2,(H,16,17). The molecule has 2 rings (SSSR count). The van der Waals surface area contributed by atoms with Crippen LogP contribution in [0, 0.1) is 0 Å². The van der Waals surface area contributed by atoms with Crippen molar-refractivity contribution >= 4 is 58.4 Å². The van der Waals surface area contributed by atoms with Gasteiger partial charge in [-0.1, -0.05) is 34.8 Å². The summed E-state index contributed by atoms with van der Waals surface area (Å²) in [7, 11) is 0. The van der Waals surface area contributed by atoms with Crippen LogP contribution in [0.15, 0.2) is 0 Å². The zero-order valence-electron chi connectivity index (χ0n) is 9.12. The van der Waals surface area contributed by atoms with Gasteiger partial charge < -0.3 is 10.0 Å². The smallest absolute Gasteiger partial charge is 0.341 e. The van der Waals surface area contributed by atoms with Crippen molar-refractivity contribution in [3.63, 3.8) is 0 Å². The van der Waals surface area contributed by atoms with Gasteiger partial charge in [0.05, 0.1) is 10.0 Å². The number of rotatable bonds is 2. The van der Waals surface area contributed by atoms with Crippen molar-refractivity contribution in [2.45, 2.75) is 0 Å². The number of carboxylic acids is 1. The molecule has 1 saturated heterocycles. The topological polar surface area (TPSA) is 53.4 Å². The molecule has 1 N–H and O–H groups in total. The molecule has 1 aromatic rings. The van der Waals surface area contributed by atoms with E-state index in [0.29, 0.717) is 18.9 Å². The van der Waals surface area contributed by atoms with Crippen LogP contribution in [0.3, 0.4) is 0 Å². The molecule has 0 amide bonds. The number of hydrogen-bond donors (Lipinski definition) is 1. The molecule has 0 saturated carbocycles. The van der Waals surface area contributed by atoms with Crippen LogP contribution in [0.5, 0.6) is 0 Å². The van der Waals surface area contributed by atoms with E-state index in [0.717, 1.165) is 11.5 Å². The van der Waals surface area contributed by atoms with Gasteiger partial charge in [0, 0.05) is 24.6 Å². The first kappa shape index (κ1) is 14.1. The second kappa shape index (κ2) is 5.74. The largest absolute Gasteiger partial charge is 0.478 e. The molecule has 1 fully saturated rings. The van der Waals surface area contributed by atoms with E-state index in [1.807, 2.05) is 16.7 Å². The van der Waals surface area contributed by atoms with Crippen molar-refractivity contribution in [3.8, 4) is 0 Å². The monoisotopic (exact) mass is 326 g/mol. The molecule has 4 nitrogen and oxygen atoms in total. The molecule has 2 heterocycles. The molecule has 8 heteroatoms. The van der Waals surface area contributed by atoms with Crippen molar-refractivity contribution in [1.29, 1.82) is 0 Å². The highest BCUT2D eigenvalue weighted by molar-refractivity contribution is 7.99. The Labute approximate surface area is 123 Å². The molecule has 1 aliphatic rings. The molecule has 1 aliphatic heterocycles. The number of halogens is 3. The fourth-order valence-electron chi connectivity index (χ4n) is 1.69. The summed E-state index contributed by atoms with van der Waals surface area (Å²) in [5, 5.41) is 9.18. The van der Waals surface area contributed by atoms with Gasteiger partial charge in [0.1, 0.15) is 11.4 Å². The molecule has 98 valence electrons. The maximum absolute atomic E-state index is 11.3. The highest BCUT2D eigenvalue weighted by Crippen LogP contribution is 2.37. The Kier molecular flexibility index (Phi) is 4.48. The van der Waals surface area contributed by atoms with Crippen molar-refractivity contribution in [2.24, 2.45) is 0 Å². The molecular weight excluding hydrogens is 319 g/mol. The quantitative estimate of drug-likeness (QED) is 0.845. The summed E-state index contributed by atoms with van der Waals surface area (Å²) in [5.41, 5.74) is -0.0852. The average molecular weight is 328 g/mol. The van der Waals surface area contributed by atoms with Crippen molar-refractivity contribution in [3.05, 3.63) is 20.8 Å². The third kappa shape index (κ3) is 2.64. The van der Waals surface area contributed by atoms with E-state index in [1.54, 1.807) is 0 Å². The van der Waals surface area contributed by atoms with Gasteiger partial charge in [-0.2, -0.15) is 11.8 Å².